The SMILES string of the molecule is CC(O)Cc1ccccc1/C=C/CN. The van der Waals surface area contributed by atoms with Crippen LogP contribution in [0.2, 0.25) is 0 Å². The highest BCUT2D eigenvalue weighted by atomic mass is 16.3. The average molecular weight is 191 g/mol. The molecule has 3 N–H and O–H groups in total. The Labute approximate surface area is 85.1 Å². The molecule has 14 heavy (non-hydrogen) atoms. The number of aliphatic hydroxyl groups is 1. The average Bonchev–Trinajstić information content (AvgIpc) is 2.16. The molecule has 0 fully saturated rings. The minimum absolute atomic E-state index is 0.303. The first kappa shape index (κ1) is 11.0. The predicted octanol–water partition coefficient (Wildman–Crippen LogP) is 1.58. The summed E-state index contributed by atoms with van der Waals surface area (Å²) >= 11 is 0. The summed E-state index contributed by atoms with van der Waals surface area (Å²) < 4.78 is 0. The highest BCUT2D eigenvalue weighted by molar-refractivity contribution is 5.53. The molecule has 1 unspecified atom stereocenters. The molecule has 0 amide bonds. The minimum Gasteiger partial charge on any atom is -0.393 e. The molecule has 1 aromatic rings. The Bertz CT molecular complexity index is 305. The van der Waals surface area contributed by atoms with E-state index >= 15 is 0 Å². The van der Waals surface area contributed by atoms with Gasteiger partial charge < -0.3 is 10.8 Å². The van der Waals surface area contributed by atoms with Crippen molar-refractivity contribution in [3.05, 3.63) is 41.5 Å². The maximum absolute atomic E-state index is 9.31. The Balaban J connectivity index is 2.85. The van der Waals surface area contributed by atoms with Crippen LogP contribution >= 0.6 is 0 Å². The summed E-state index contributed by atoms with van der Waals surface area (Å²) in [6.07, 6.45) is 4.30. The molecular weight excluding hydrogens is 174 g/mol. The minimum atomic E-state index is -0.303. The van der Waals surface area contributed by atoms with Crippen LogP contribution in [0.3, 0.4) is 0 Å². The standard InChI is InChI=1S/C12H17NO/c1-10(14)9-12-6-3-2-5-11(12)7-4-8-13/h2-7,10,14H,8-9,13H2,1H3/b7-4+. The summed E-state index contributed by atoms with van der Waals surface area (Å²) in [7, 11) is 0. The lowest BCUT2D eigenvalue weighted by Gasteiger charge is -2.07. The van der Waals surface area contributed by atoms with E-state index in [2.05, 4.69) is 0 Å². The molecule has 2 heteroatoms. The fourth-order valence-electron chi connectivity index (χ4n) is 1.40. The second-order valence-corrected chi connectivity index (χ2v) is 3.39. The van der Waals surface area contributed by atoms with Crippen molar-refractivity contribution in [2.24, 2.45) is 5.73 Å². The maximum Gasteiger partial charge on any atom is 0.0552 e. The van der Waals surface area contributed by atoms with Gasteiger partial charge in [-0.2, -0.15) is 0 Å². The molecule has 2 nitrogen and oxygen atoms in total. The highest BCUT2D eigenvalue weighted by Gasteiger charge is 2.01. The van der Waals surface area contributed by atoms with Crippen LogP contribution in [0.4, 0.5) is 0 Å². The van der Waals surface area contributed by atoms with Crippen molar-refractivity contribution < 1.29 is 5.11 Å². The van der Waals surface area contributed by atoms with Crippen LogP contribution in [0.15, 0.2) is 30.3 Å². The van der Waals surface area contributed by atoms with Gasteiger partial charge in [-0.05, 0) is 24.5 Å². The van der Waals surface area contributed by atoms with Gasteiger partial charge in [0.1, 0.15) is 0 Å². The molecule has 0 aliphatic rings. The van der Waals surface area contributed by atoms with Gasteiger partial charge in [-0.1, -0.05) is 36.4 Å². The van der Waals surface area contributed by atoms with Crippen molar-refractivity contribution in [2.45, 2.75) is 19.4 Å². The van der Waals surface area contributed by atoms with Crippen LogP contribution in [-0.2, 0) is 6.42 Å². The normalized spacial score (nSPS) is 13.4. The second-order valence-electron chi connectivity index (χ2n) is 3.39. The van der Waals surface area contributed by atoms with Crippen LogP contribution in [0.25, 0.3) is 6.08 Å². The predicted molar refractivity (Wildman–Crippen MR) is 59.9 cm³/mol. The van der Waals surface area contributed by atoms with E-state index in [1.165, 1.54) is 0 Å². The zero-order valence-corrected chi connectivity index (χ0v) is 8.48. The third-order valence-corrected chi connectivity index (χ3v) is 2.00. The summed E-state index contributed by atoms with van der Waals surface area (Å²) in [5.74, 6) is 0. The molecule has 0 radical (unpaired) electrons. The first-order valence-corrected chi connectivity index (χ1v) is 4.86. The van der Waals surface area contributed by atoms with E-state index in [1.807, 2.05) is 36.4 Å². The lowest BCUT2D eigenvalue weighted by Crippen LogP contribution is -2.05. The summed E-state index contributed by atoms with van der Waals surface area (Å²) in [5.41, 5.74) is 7.69. The molecule has 0 aromatic heterocycles. The van der Waals surface area contributed by atoms with Gasteiger partial charge in [0.15, 0.2) is 0 Å². The lowest BCUT2D eigenvalue weighted by molar-refractivity contribution is 0.195. The van der Waals surface area contributed by atoms with E-state index in [4.69, 9.17) is 5.73 Å². The molecule has 76 valence electrons. The third kappa shape index (κ3) is 3.32. The lowest BCUT2D eigenvalue weighted by atomic mass is 10.0. The number of benzene rings is 1. The fourth-order valence-corrected chi connectivity index (χ4v) is 1.40. The van der Waals surface area contributed by atoms with E-state index < -0.39 is 0 Å². The summed E-state index contributed by atoms with van der Waals surface area (Å²) in [6, 6.07) is 8.03. The zero-order chi connectivity index (χ0) is 10.4. The summed E-state index contributed by atoms with van der Waals surface area (Å²) in [6.45, 7) is 2.34. The van der Waals surface area contributed by atoms with E-state index in [9.17, 15) is 5.11 Å². The molecule has 0 aliphatic carbocycles. The van der Waals surface area contributed by atoms with Crippen LogP contribution in [0, 0.1) is 0 Å². The summed E-state index contributed by atoms with van der Waals surface area (Å²) in [5, 5.41) is 9.31. The monoisotopic (exact) mass is 191 g/mol. The van der Waals surface area contributed by atoms with Crippen molar-refractivity contribution in [1.29, 1.82) is 0 Å². The largest absolute Gasteiger partial charge is 0.393 e. The van der Waals surface area contributed by atoms with Gasteiger partial charge in [-0.25, -0.2) is 0 Å². The van der Waals surface area contributed by atoms with Gasteiger partial charge in [0.2, 0.25) is 0 Å². The van der Waals surface area contributed by atoms with Gasteiger partial charge in [0, 0.05) is 6.54 Å². The van der Waals surface area contributed by atoms with E-state index in [1.54, 1.807) is 6.92 Å². The molecule has 0 saturated carbocycles. The molecule has 1 aromatic carbocycles. The van der Waals surface area contributed by atoms with Gasteiger partial charge in [-0.15, -0.1) is 0 Å². The second kappa shape index (κ2) is 5.58. The number of hydrogen-bond donors (Lipinski definition) is 2. The van der Waals surface area contributed by atoms with Crippen molar-refractivity contribution in [3.8, 4) is 0 Å². The Hall–Kier alpha value is -1.12. The molecule has 0 bridgehead atoms. The molecule has 0 aliphatic heterocycles. The van der Waals surface area contributed by atoms with Crippen LogP contribution < -0.4 is 5.73 Å². The van der Waals surface area contributed by atoms with Crippen molar-refractivity contribution in [3.63, 3.8) is 0 Å². The van der Waals surface area contributed by atoms with Gasteiger partial charge in [0.25, 0.3) is 0 Å². The third-order valence-electron chi connectivity index (χ3n) is 2.00. The zero-order valence-electron chi connectivity index (χ0n) is 8.48. The van der Waals surface area contributed by atoms with E-state index in [0.29, 0.717) is 13.0 Å². The molecule has 0 heterocycles. The summed E-state index contributed by atoms with van der Waals surface area (Å²) in [4.78, 5) is 0. The number of rotatable bonds is 4. The Kier molecular flexibility index (Phi) is 4.36. The molecule has 1 atom stereocenters. The van der Waals surface area contributed by atoms with E-state index in [-0.39, 0.29) is 6.10 Å². The Morgan fingerprint density at radius 1 is 1.43 bits per heavy atom. The molecule has 1 rings (SSSR count). The van der Waals surface area contributed by atoms with Gasteiger partial charge in [-0.3, -0.25) is 0 Å². The quantitative estimate of drug-likeness (QED) is 0.759. The number of hydrogen-bond acceptors (Lipinski definition) is 2. The fraction of sp³-hybridized carbons (Fsp3) is 0.333. The molecule has 0 spiro atoms. The van der Waals surface area contributed by atoms with Crippen molar-refractivity contribution in [2.75, 3.05) is 6.54 Å². The smallest absolute Gasteiger partial charge is 0.0552 e. The topological polar surface area (TPSA) is 46.2 Å². The molecule has 0 saturated heterocycles. The van der Waals surface area contributed by atoms with Gasteiger partial charge >= 0.3 is 0 Å². The van der Waals surface area contributed by atoms with Crippen LogP contribution in [0.5, 0.6) is 0 Å². The maximum atomic E-state index is 9.31. The first-order chi connectivity index (χ1) is 6.74. The van der Waals surface area contributed by atoms with Crippen LogP contribution in [-0.4, -0.2) is 17.8 Å². The highest BCUT2D eigenvalue weighted by Crippen LogP contribution is 2.12. The Morgan fingerprint density at radius 3 is 2.79 bits per heavy atom. The number of nitrogens with two attached hydrogens (primary N) is 1. The van der Waals surface area contributed by atoms with E-state index in [0.717, 1.165) is 11.1 Å². The molecular formula is C12H17NO. The van der Waals surface area contributed by atoms with Crippen LogP contribution in [0.1, 0.15) is 18.1 Å². The van der Waals surface area contributed by atoms with Gasteiger partial charge in [0.05, 0.1) is 6.10 Å². The first-order valence-electron chi connectivity index (χ1n) is 4.86. The Morgan fingerprint density at radius 2 is 2.14 bits per heavy atom. The number of aliphatic hydroxyl groups excluding tert-OH is 1. The van der Waals surface area contributed by atoms with Crippen molar-refractivity contribution in [1.82, 2.24) is 0 Å². The van der Waals surface area contributed by atoms with Crippen molar-refractivity contribution >= 4 is 6.08 Å².